The summed E-state index contributed by atoms with van der Waals surface area (Å²) in [5, 5.41) is 3.50. The largest absolute Gasteiger partial charge is 0.379 e. The Hall–Kier alpha value is -0.930. The lowest BCUT2D eigenvalue weighted by atomic mass is 9.98. The second-order valence-corrected chi connectivity index (χ2v) is 5.51. The van der Waals surface area contributed by atoms with Crippen LogP contribution in [0.1, 0.15) is 45.7 Å². The molecule has 102 valence electrons. The van der Waals surface area contributed by atoms with E-state index in [0.717, 1.165) is 12.0 Å². The number of rotatable bonds is 6. The number of methoxy groups -OCH3 is 1. The predicted molar refractivity (Wildman–Crippen MR) is 73.1 cm³/mol. The summed E-state index contributed by atoms with van der Waals surface area (Å²) in [6.07, 6.45) is 0.926. The van der Waals surface area contributed by atoms with E-state index in [9.17, 15) is 4.39 Å². The highest BCUT2D eigenvalue weighted by molar-refractivity contribution is 5.19. The summed E-state index contributed by atoms with van der Waals surface area (Å²) in [6, 6.07) is 7.17. The van der Waals surface area contributed by atoms with E-state index in [1.165, 1.54) is 12.1 Å². The van der Waals surface area contributed by atoms with Gasteiger partial charge in [-0.25, -0.2) is 4.39 Å². The Bertz CT molecular complexity index is 361. The Morgan fingerprint density at radius 2 is 1.78 bits per heavy atom. The number of nitrogens with one attached hydrogen (secondary N) is 1. The van der Waals surface area contributed by atoms with Crippen LogP contribution < -0.4 is 5.32 Å². The van der Waals surface area contributed by atoms with Crippen molar-refractivity contribution < 1.29 is 9.13 Å². The van der Waals surface area contributed by atoms with Crippen LogP contribution in [0.4, 0.5) is 4.39 Å². The zero-order chi connectivity index (χ0) is 13.8. The fraction of sp³-hybridized carbons (Fsp3) is 0.600. The summed E-state index contributed by atoms with van der Waals surface area (Å²) in [7, 11) is 1.73. The first-order valence-corrected chi connectivity index (χ1v) is 6.41. The second kappa shape index (κ2) is 6.30. The van der Waals surface area contributed by atoms with E-state index >= 15 is 0 Å². The molecule has 18 heavy (non-hydrogen) atoms. The average Bonchev–Trinajstić information content (AvgIpc) is 2.29. The highest BCUT2D eigenvalue weighted by Crippen LogP contribution is 2.19. The van der Waals surface area contributed by atoms with Crippen LogP contribution in [0.3, 0.4) is 0 Å². The molecule has 0 saturated carbocycles. The summed E-state index contributed by atoms with van der Waals surface area (Å²) in [5.41, 5.74) is 0.966. The Morgan fingerprint density at radius 3 is 2.28 bits per heavy atom. The molecule has 1 aromatic carbocycles. The molecule has 2 nitrogen and oxygen atoms in total. The molecule has 3 heteroatoms. The molecule has 0 saturated heterocycles. The van der Waals surface area contributed by atoms with Crippen LogP contribution in [0.2, 0.25) is 0 Å². The van der Waals surface area contributed by atoms with Crippen molar-refractivity contribution in [1.29, 1.82) is 0 Å². The van der Waals surface area contributed by atoms with Crippen molar-refractivity contribution in [2.45, 2.75) is 51.8 Å². The van der Waals surface area contributed by atoms with Gasteiger partial charge in [0.15, 0.2) is 0 Å². The molecule has 2 unspecified atom stereocenters. The molecule has 0 radical (unpaired) electrons. The van der Waals surface area contributed by atoms with E-state index in [0.29, 0.717) is 6.04 Å². The van der Waals surface area contributed by atoms with Crippen LogP contribution in [0.5, 0.6) is 0 Å². The van der Waals surface area contributed by atoms with Crippen molar-refractivity contribution in [3.63, 3.8) is 0 Å². The van der Waals surface area contributed by atoms with Gasteiger partial charge in [0.05, 0.1) is 5.60 Å². The van der Waals surface area contributed by atoms with Gasteiger partial charge in [0.25, 0.3) is 0 Å². The van der Waals surface area contributed by atoms with Gasteiger partial charge < -0.3 is 10.1 Å². The third-order valence-electron chi connectivity index (χ3n) is 3.25. The van der Waals surface area contributed by atoms with Crippen LogP contribution >= 0.6 is 0 Å². The molecule has 1 N–H and O–H groups in total. The summed E-state index contributed by atoms with van der Waals surface area (Å²) in [6.45, 7) is 8.38. The summed E-state index contributed by atoms with van der Waals surface area (Å²) in [4.78, 5) is 0. The molecule has 0 bridgehead atoms. The first kappa shape index (κ1) is 15.1. The first-order valence-electron chi connectivity index (χ1n) is 6.41. The van der Waals surface area contributed by atoms with Crippen LogP contribution in [0, 0.1) is 5.82 Å². The van der Waals surface area contributed by atoms with Gasteiger partial charge in [0.1, 0.15) is 5.82 Å². The number of halogens is 1. The van der Waals surface area contributed by atoms with Gasteiger partial charge in [-0.05, 0) is 51.8 Å². The Kier molecular flexibility index (Phi) is 5.29. The molecule has 0 aromatic heterocycles. The van der Waals surface area contributed by atoms with E-state index in [1.54, 1.807) is 7.11 Å². The van der Waals surface area contributed by atoms with Crippen molar-refractivity contribution in [2.24, 2.45) is 0 Å². The van der Waals surface area contributed by atoms with Crippen molar-refractivity contribution in [2.75, 3.05) is 7.11 Å². The molecule has 0 spiro atoms. The van der Waals surface area contributed by atoms with Crippen LogP contribution in [-0.2, 0) is 4.74 Å². The molecule has 0 aliphatic rings. The lowest BCUT2D eigenvalue weighted by Crippen LogP contribution is -2.36. The van der Waals surface area contributed by atoms with E-state index in [-0.39, 0.29) is 17.5 Å². The minimum atomic E-state index is -0.195. The van der Waals surface area contributed by atoms with Gasteiger partial charge in [0, 0.05) is 19.2 Å². The third kappa shape index (κ3) is 4.75. The van der Waals surface area contributed by atoms with Gasteiger partial charge in [0.2, 0.25) is 0 Å². The quantitative estimate of drug-likeness (QED) is 0.835. The van der Waals surface area contributed by atoms with Crippen LogP contribution in [0.15, 0.2) is 24.3 Å². The molecular weight excluding hydrogens is 229 g/mol. The smallest absolute Gasteiger partial charge is 0.123 e. The number of ether oxygens (including phenoxy) is 1. The van der Waals surface area contributed by atoms with Crippen molar-refractivity contribution in [1.82, 2.24) is 5.32 Å². The molecule has 1 aromatic rings. The average molecular weight is 253 g/mol. The molecule has 0 fully saturated rings. The monoisotopic (exact) mass is 253 g/mol. The topological polar surface area (TPSA) is 21.3 Å². The minimum Gasteiger partial charge on any atom is -0.379 e. The maximum Gasteiger partial charge on any atom is 0.123 e. The van der Waals surface area contributed by atoms with E-state index in [2.05, 4.69) is 33.0 Å². The highest BCUT2D eigenvalue weighted by atomic mass is 19.1. The molecule has 0 heterocycles. The Balaban J connectivity index is 2.54. The number of hydrogen-bond acceptors (Lipinski definition) is 2. The maximum absolute atomic E-state index is 12.8. The maximum atomic E-state index is 12.8. The lowest BCUT2D eigenvalue weighted by Gasteiger charge is -2.29. The molecule has 1 rings (SSSR count). The molecule has 2 atom stereocenters. The SMILES string of the molecule is COC(C)(C)CC(C)NC(C)c1ccc(F)cc1. The second-order valence-electron chi connectivity index (χ2n) is 5.51. The van der Waals surface area contributed by atoms with Gasteiger partial charge >= 0.3 is 0 Å². The summed E-state index contributed by atoms with van der Waals surface area (Å²) >= 11 is 0. The summed E-state index contributed by atoms with van der Waals surface area (Å²) in [5.74, 6) is -0.195. The predicted octanol–water partition coefficient (Wildman–Crippen LogP) is 3.68. The van der Waals surface area contributed by atoms with Crippen LogP contribution in [0.25, 0.3) is 0 Å². The van der Waals surface area contributed by atoms with E-state index in [4.69, 9.17) is 4.74 Å². The van der Waals surface area contributed by atoms with Gasteiger partial charge in [-0.15, -0.1) is 0 Å². The van der Waals surface area contributed by atoms with Crippen molar-refractivity contribution in [3.8, 4) is 0 Å². The van der Waals surface area contributed by atoms with Crippen molar-refractivity contribution >= 4 is 0 Å². The Morgan fingerprint density at radius 1 is 1.22 bits per heavy atom. The van der Waals surface area contributed by atoms with Gasteiger partial charge in [-0.2, -0.15) is 0 Å². The Labute approximate surface area is 110 Å². The van der Waals surface area contributed by atoms with Crippen LogP contribution in [-0.4, -0.2) is 18.8 Å². The normalized spacial score (nSPS) is 15.4. The van der Waals surface area contributed by atoms with E-state index < -0.39 is 0 Å². The number of benzene rings is 1. The highest BCUT2D eigenvalue weighted by Gasteiger charge is 2.21. The van der Waals surface area contributed by atoms with Crippen molar-refractivity contribution in [3.05, 3.63) is 35.6 Å². The van der Waals surface area contributed by atoms with Gasteiger partial charge in [-0.3, -0.25) is 0 Å². The molecule has 0 aliphatic heterocycles. The number of hydrogen-bond donors (Lipinski definition) is 1. The fourth-order valence-electron chi connectivity index (χ4n) is 2.15. The summed E-state index contributed by atoms with van der Waals surface area (Å²) < 4.78 is 18.3. The first-order chi connectivity index (χ1) is 8.34. The third-order valence-corrected chi connectivity index (χ3v) is 3.25. The fourth-order valence-corrected chi connectivity index (χ4v) is 2.15. The standard InChI is InChI=1S/C15H24FNO/c1-11(10-15(3,4)18-5)17-12(2)13-6-8-14(16)9-7-13/h6-9,11-12,17H,10H2,1-5H3. The lowest BCUT2D eigenvalue weighted by molar-refractivity contribution is 0.00782. The minimum absolute atomic E-state index is 0.130. The van der Waals surface area contributed by atoms with Gasteiger partial charge in [-0.1, -0.05) is 12.1 Å². The molecular formula is C15H24FNO. The van der Waals surface area contributed by atoms with E-state index in [1.807, 2.05) is 12.1 Å². The molecule has 0 aliphatic carbocycles. The zero-order valence-electron chi connectivity index (χ0n) is 12.0. The molecule has 0 amide bonds. The zero-order valence-corrected chi connectivity index (χ0v) is 12.0.